The third-order valence-corrected chi connectivity index (χ3v) is 7.77. The van der Waals surface area contributed by atoms with E-state index in [1.165, 1.54) is 6.07 Å². The number of nitrogens with one attached hydrogen (secondary N) is 1. The molecule has 2 aliphatic rings. The largest absolute Gasteiger partial charge is 0.417 e. The molecule has 2 fully saturated rings. The zero-order valence-electron chi connectivity index (χ0n) is 19.5. The van der Waals surface area contributed by atoms with Gasteiger partial charge in [0.1, 0.15) is 12.1 Å². The Morgan fingerprint density at radius 2 is 1.86 bits per heavy atom. The van der Waals surface area contributed by atoms with Crippen molar-refractivity contribution >= 4 is 41.2 Å². The van der Waals surface area contributed by atoms with Crippen LogP contribution in [0.15, 0.2) is 36.5 Å². The summed E-state index contributed by atoms with van der Waals surface area (Å²) in [6, 6.07) is 7.74. The van der Waals surface area contributed by atoms with E-state index in [2.05, 4.69) is 10.3 Å². The molecule has 0 bridgehead atoms. The fourth-order valence-corrected chi connectivity index (χ4v) is 5.31. The average molecular weight is 543 g/mol. The van der Waals surface area contributed by atoms with E-state index in [1.54, 1.807) is 6.07 Å². The van der Waals surface area contributed by atoms with Gasteiger partial charge in [0.15, 0.2) is 0 Å². The molecule has 36 heavy (non-hydrogen) atoms. The van der Waals surface area contributed by atoms with Gasteiger partial charge < -0.3 is 15.0 Å². The molecule has 1 aromatic heterocycles. The van der Waals surface area contributed by atoms with Gasteiger partial charge in [-0.2, -0.15) is 13.2 Å². The molecule has 4 rings (SSSR count). The first-order valence-electron chi connectivity index (χ1n) is 11.8. The van der Waals surface area contributed by atoms with Gasteiger partial charge in [0, 0.05) is 43.6 Å². The number of alkyl halides is 3. The lowest BCUT2D eigenvalue weighted by Crippen LogP contribution is -2.42. The quantitative estimate of drug-likeness (QED) is 0.500. The number of carbonyl (C=O) groups excluding carboxylic acids is 2. The van der Waals surface area contributed by atoms with Crippen molar-refractivity contribution in [3.63, 3.8) is 0 Å². The summed E-state index contributed by atoms with van der Waals surface area (Å²) in [5.41, 5.74) is 0.145. The number of likely N-dealkylation sites (tertiary alicyclic amines) is 2. The molecule has 2 aromatic rings. The Kier molecular flexibility index (Phi) is 8.42. The highest BCUT2D eigenvalue weighted by Gasteiger charge is 2.39. The Balaban J connectivity index is 1.46. The van der Waals surface area contributed by atoms with Crippen LogP contribution >= 0.6 is 23.2 Å². The molecule has 0 saturated carbocycles. The third kappa shape index (κ3) is 6.30. The average Bonchev–Trinajstić information content (AvgIpc) is 3.29. The van der Waals surface area contributed by atoms with Crippen molar-refractivity contribution in [2.24, 2.45) is 11.8 Å². The fourth-order valence-electron chi connectivity index (χ4n) is 5.01. The zero-order valence-corrected chi connectivity index (χ0v) is 21.0. The highest BCUT2D eigenvalue weighted by Crippen LogP contribution is 2.37. The number of aldehydes is 1. The number of nitrogens with zero attached hydrogens (tertiary/aromatic N) is 3. The minimum Gasteiger partial charge on any atom is -0.370 e. The van der Waals surface area contributed by atoms with Gasteiger partial charge in [-0.15, -0.1) is 0 Å². The van der Waals surface area contributed by atoms with Gasteiger partial charge in [0.2, 0.25) is 5.91 Å². The van der Waals surface area contributed by atoms with Gasteiger partial charge in [0.25, 0.3) is 0 Å². The van der Waals surface area contributed by atoms with Gasteiger partial charge in [-0.3, -0.25) is 9.69 Å². The lowest BCUT2D eigenvalue weighted by molar-refractivity contribution is -0.138. The van der Waals surface area contributed by atoms with Crippen LogP contribution in [-0.2, 0) is 15.8 Å². The molecular weight excluding hydrogens is 516 g/mol. The normalized spacial score (nSPS) is 21.5. The van der Waals surface area contributed by atoms with E-state index >= 15 is 0 Å². The first kappa shape index (κ1) is 26.7. The van der Waals surface area contributed by atoms with Gasteiger partial charge in [-0.05, 0) is 55.8 Å². The maximum absolute atomic E-state index is 13.4. The number of amides is 1. The molecule has 1 amide bonds. The fraction of sp³-hybridized carbons (Fsp3) is 0.480. The minimum absolute atomic E-state index is 0.00885. The standard InChI is InChI=1S/C25H27Cl2F3N4O2/c26-21-3-1-17(11-22(21)27)20-15-34(24(36)16-5-7-33(8-6-16)9-10-35)14-18(20)12-31-23-4-2-19(13-32-23)25(28,29)30/h1-4,10-11,13,16,18,20H,5-9,12,14-15H2,(H,31,32). The Morgan fingerprint density at radius 1 is 1.11 bits per heavy atom. The predicted octanol–water partition coefficient (Wildman–Crippen LogP) is 4.97. The van der Waals surface area contributed by atoms with Crippen molar-refractivity contribution in [3.8, 4) is 0 Å². The lowest BCUT2D eigenvalue weighted by atomic mass is 9.89. The number of anilines is 1. The molecule has 2 atom stereocenters. The number of hydrogen-bond acceptors (Lipinski definition) is 5. The number of halogens is 5. The smallest absolute Gasteiger partial charge is 0.370 e. The second kappa shape index (κ2) is 11.4. The monoisotopic (exact) mass is 542 g/mol. The van der Waals surface area contributed by atoms with E-state index in [1.807, 2.05) is 21.9 Å². The Morgan fingerprint density at radius 3 is 2.47 bits per heavy atom. The second-order valence-corrected chi connectivity index (χ2v) is 10.2. The number of pyridine rings is 1. The molecule has 1 N–H and O–H groups in total. The molecule has 194 valence electrons. The van der Waals surface area contributed by atoms with Crippen molar-refractivity contribution < 1.29 is 22.8 Å². The molecule has 0 aliphatic carbocycles. The SMILES string of the molecule is O=CCN1CCC(C(=O)N2CC(CNc3ccc(C(F)(F)F)cn3)C(c3ccc(Cl)c(Cl)c3)C2)CC1. The summed E-state index contributed by atoms with van der Waals surface area (Å²) < 4.78 is 38.5. The van der Waals surface area contributed by atoms with Gasteiger partial charge in [-0.25, -0.2) is 4.98 Å². The Labute approximate surface area is 217 Å². The van der Waals surface area contributed by atoms with E-state index in [0.29, 0.717) is 68.0 Å². The van der Waals surface area contributed by atoms with Crippen LogP contribution in [0.1, 0.15) is 29.9 Å². The molecule has 11 heteroatoms. The van der Waals surface area contributed by atoms with Crippen LogP contribution < -0.4 is 5.32 Å². The van der Waals surface area contributed by atoms with Crippen LogP contribution in [0.4, 0.5) is 19.0 Å². The summed E-state index contributed by atoms with van der Waals surface area (Å²) in [5, 5.41) is 4.00. The Bertz CT molecular complexity index is 1080. The number of hydrogen-bond donors (Lipinski definition) is 1. The number of piperidine rings is 1. The topological polar surface area (TPSA) is 65.5 Å². The van der Waals surface area contributed by atoms with Crippen molar-refractivity contribution in [2.75, 3.05) is 44.6 Å². The van der Waals surface area contributed by atoms with Gasteiger partial charge in [0.05, 0.1) is 22.2 Å². The molecule has 3 heterocycles. The third-order valence-electron chi connectivity index (χ3n) is 7.03. The molecule has 0 radical (unpaired) electrons. The van der Waals surface area contributed by atoms with Crippen LogP contribution in [0.25, 0.3) is 0 Å². The molecule has 1 aromatic carbocycles. The second-order valence-electron chi connectivity index (χ2n) is 9.34. The van der Waals surface area contributed by atoms with Crippen LogP contribution in [0.2, 0.25) is 10.0 Å². The highest BCUT2D eigenvalue weighted by molar-refractivity contribution is 6.42. The predicted molar refractivity (Wildman–Crippen MR) is 132 cm³/mol. The van der Waals surface area contributed by atoms with Crippen LogP contribution in [0.5, 0.6) is 0 Å². The number of benzene rings is 1. The molecule has 2 aliphatic heterocycles. The van der Waals surface area contributed by atoms with Gasteiger partial charge >= 0.3 is 6.18 Å². The number of aromatic nitrogens is 1. The Hall–Kier alpha value is -2.36. The molecular formula is C25H27Cl2F3N4O2. The maximum atomic E-state index is 13.4. The number of carbonyl (C=O) groups is 2. The van der Waals surface area contributed by atoms with Crippen molar-refractivity contribution in [2.45, 2.75) is 24.9 Å². The minimum atomic E-state index is -4.44. The molecule has 6 nitrogen and oxygen atoms in total. The summed E-state index contributed by atoms with van der Waals surface area (Å²) in [5.74, 6) is 0.307. The summed E-state index contributed by atoms with van der Waals surface area (Å²) in [6.45, 7) is 3.25. The van der Waals surface area contributed by atoms with Crippen molar-refractivity contribution in [3.05, 3.63) is 57.7 Å². The summed E-state index contributed by atoms with van der Waals surface area (Å²) >= 11 is 12.4. The van der Waals surface area contributed by atoms with Crippen LogP contribution in [-0.4, -0.2) is 66.2 Å². The van der Waals surface area contributed by atoms with E-state index in [4.69, 9.17) is 23.2 Å². The summed E-state index contributed by atoms with van der Waals surface area (Å²) in [4.78, 5) is 32.0. The number of rotatable bonds is 7. The molecule has 2 saturated heterocycles. The van der Waals surface area contributed by atoms with Crippen LogP contribution in [0, 0.1) is 11.8 Å². The summed E-state index contributed by atoms with van der Waals surface area (Å²) in [6.07, 6.45) is -1.34. The molecule has 2 unspecified atom stereocenters. The maximum Gasteiger partial charge on any atom is 0.417 e. The summed E-state index contributed by atoms with van der Waals surface area (Å²) in [7, 11) is 0. The zero-order chi connectivity index (χ0) is 25.9. The highest BCUT2D eigenvalue weighted by atomic mass is 35.5. The molecule has 0 spiro atoms. The van der Waals surface area contributed by atoms with E-state index in [-0.39, 0.29) is 23.7 Å². The first-order valence-corrected chi connectivity index (χ1v) is 12.6. The van der Waals surface area contributed by atoms with E-state index in [0.717, 1.165) is 24.1 Å². The van der Waals surface area contributed by atoms with Gasteiger partial charge in [-0.1, -0.05) is 29.3 Å². The van der Waals surface area contributed by atoms with E-state index in [9.17, 15) is 22.8 Å². The van der Waals surface area contributed by atoms with Crippen molar-refractivity contribution in [1.82, 2.24) is 14.8 Å². The van der Waals surface area contributed by atoms with E-state index < -0.39 is 11.7 Å². The van der Waals surface area contributed by atoms with Crippen LogP contribution in [0.3, 0.4) is 0 Å². The lowest BCUT2D eigenvalue weighted by Gasteiger charge is -2.32. The first-order chi connectivity index (χ1) is 17.2. The van der Waals surface area contributed by atoms with Crippen molar-refractivity contribution in [1.29, 1.82) is 0 Å².